The number of carbonyl (C=O) groups excluding carboxylic acids is 1. The van der Waals surface area contributed by atoms with Gasteiger partial charge in [-0.1, -0.05) is 30.1 Å². The van der Waals surface area contributed by atoms with E-state index < -0.39 is 0 Å². The molecule has 0 aliphatic carbocycles. The summed E-state index contributed by atoms with van der Waals surface area (Å²) in [5.41, 5.74) is 0.913. The van der Waals surface area contributed by atoms with E-state index in [2.05, 4.69) is 5.32 Å². The van der Waals surface area contributed by atoms with Gasteiger partial charge >= 0.3 is 0 Å². The van der Waals surface area contributed by atoms with Gasteiger partial charge in [-0.25, -0.2) is 0 Å². The minimum absolute atomic E-state index is 0.0467. The lowest BCUT2D eigenvalue weighted by Gasteiger charge is -2.10. The van der Waals surface area contributed by atoms with E-state index in [1.807, 2.05) is 6.92 Å². The van der Waals surface area contributed by atoms with Crippen LogP contribution in [0.25, 0.3) is 0 Å². The summed E-state index contributed by atoms with van der Waals surface area (Å²) in [7, 11) is 0. The summed E-state index contributed by atoms with van der Waals surface area (Å²) in [6, 6.07) is 5.99. The first-order valence-corrected chi connectivity index (χ1v) is 6.92. The molecule has 1 aromatic heterocycles. The van der Waals surface area contributed by atoms with Crippen molar-refractivity contribution in [2.24, 2.45) is 0 Å². The lowest BCUT2D eigenvalue weighted by Crippen LogP contribution is -2.17. The molecule has 2 aromatic rings. The van der Waals surface area contributed by atoms with E-state index in [9.17, 15) is 9.90 Å². The smallest absolute Gasteiger partial charge is 0.272 e. The first-order chi connectivity index (χ1) is 9.51. The van der Waals surface area contributed by atoms with Crippen LogP contribution in [0.3, 0.4) is 0 Å². The molecule has 6 heteroatoms. The molecule has 0 aliphatic heterocycles. The number of amides is 1. The minimum Gasteiger partial charge on any atom is -0.508 e. The average molecular weight is 313 g/mol. The van der Waals surface area contributed by atoms with Gasteiger partial charge in [-0.05, 0) is 24.6 Å². The second-order valence-electron chi connectivity index (χ2n) is 4.36. The Hall–Kier alpha value is -1.65. The molecule has 2 rings (SSSR count). The summed E-state index contributed by atoms with van der Waals surface area (Å²) in [6.07, 6.45) is 2.61. The molecule has 1 amide bonds. The normalized spacial score (nSPS) is 10.6. The molecule has 0 bridgehead atoms. The Labute approximate surface area is 126 Å². The Morgan fingerprint density at radius 2 is 2.10 bits per heavy atom. The van der Waals surface area contributed by atoms with E-state index >= 15 is 0 Å². The van der Waals surface area contributed by atoms with Crippen molar-refractivity contribution < 1.29 is 9.90 Å². The molecule has 0 unspecified atom stereocenters. The third-order valence-electron chi connectivity index (χ3n) is 2.76. The van der Waals surface area contributed by atoms with Crippen molar-refractivity contribution in [1.29, 1.82) is 0 Å². The number of nitrogens with one attached hydrogen (secondary N) is 1. The summed E-state index contributed by atoms with van der Waals surface area (Å²) in [4.78, 5) is 12.2. The number of carbonyl (C=O) groups is 1. The van der Waals surface area contributed by atoms with Crippen LogP contribution in [0.4, 0.5) is 5.69 Å². The first-order valence-electron chi connectivity index (χ1n) is 6.16. The number of hydrogen-bond donors (Lipinski definition) is 2. The van der Waals surface area contributed by atoms with Crippen LogP contribution in [0.15, 0.2) is 30.5 Å². The maximum atomic E-state index is 12.2. The number of halogens is 2. The second kappa shape index (κ2) is 6.20. The molecular formula is C14H14Cl2N2O2. The Bertz CT molecular complexity index is 638. The van der Waals surface area contributed by atoms with Gasteiger partial charge in [0.2, 0.25) is 0 Å². The van der Waals surface area contributed by atoms with Crippen LogP contribution in [0.5, 0.6) is 5.75 Å². The summed E-state index contributed by atoms with van der Waals surface area (Å²) in [6.45, 7) is 2.73. The summed E-state index contributed by atoms with van der Waals surface area (Å²) in [5.74, 6) is -0.247. The Morgan fingerprint density at radius 1 is 1.35 bits per heavy atom. The molecule has 0 fully saturated rings. The molecule has 0 saturated heterocycles. The largest absolute Gasteiger partial charge is 0.508 e. The van der Waals surface area contributed by atoms with Crippen LogP contribution in [-0.2, 0) is 6.54 Å². The SMILES string of the molecule is CCCn1cc(Cl)cc1C(=O)Nc1ccc(O)cc1Cl. The minimum atomic E-state index is -0.294. The van der Waals surface area contributed by atoms with Gasteiger partial charge in [-0.15, -0.1) is 0 Å². The highest BCUT2D eigenvalue weighted by Crippen LogP contribution is 2.26. The van der Waals surface area contributed by atoms with Crippen molar-refractivity contribution in [2.45, 2.75) is 19.9 Å². The highest BCUT2D eigenvalue weighted by Gasteiger charge is 2.14. The van der Waals surface area contributed by atoms with Crippen molar-refractivity contribution in [3.05, 3.63) is 46.2 Å². The van der Waals surface area contributed by atoms with Crippen molar-refractivity contribution in [1.82, 2.24) is 4.57 Å². The third kappa shape index (κ3) is 3.26. The molecular weight excluding hydrogens is 299 g/mol. The van der Waals surface area contributed by atoms with Crippen LogP contribution in [0.2, 0.25) is 10.0 Å². The molecule has 0 saturated carbocycles. The molecule has 2 N–H and O–H groups in total. The number of hydrogen-bond acceptors (Lipinski definition) is 2. The molecule has 0 spiro atoms. The fraction of sp³-hybridized carbons (Fsp3) is 0.214. The van der Waals surface area contributed by atoms with Gasteiger partial charge in [0, 0.05) is 18.8 Å². The van der Waals surface area contributed by atoms with Crippen LogP contribution < -0.4 is 5.32 Å². The average Bonchev–Trinajstić information content (AvgIpc) is 2.74. The number of nitrogens with zero attached hydrogens (tertiary/aromatic N) is 1. The molecule has 20 heavy (non-hydrogen) atoms. The van der Waals surface area contributed by atoms with Gasteiger partial charge in [-0.2, -0.15) is 0 Å². The van der Waals surface area contributed by atoms with Crippen LogP contribution in [0, 0.1) is 0 Å². The van der Waals surface area contributed by atoms with Crippen LogP contribution in [-0.4, -0.2) is 15.6 Å². The highest BCUT2D eigenvalue weighted by atomic mass is 35.5. The lowest BCUT2D eigenvalue weighted by atomic mass is 10.3. The third-order valence-corrected chi connectivity index (χ3v) is 3.28. The maximum absolute atomic E-state index is 12.2. The zero-order chi connectivity index (χ0) is 14.7. The molecule has 0 aliphatic rings. The number of rotatable bonds is 4. The number of anilines is 1. The van der Waals surface area contributed by atoms with Crippen LogP contribution in [0.1, 0.15) is 23.8 Å². The van der Waals surface area contributed by atoms with Crippen molar-refractivity contribution in [3.63, 3.8) is 0 Å². The summed E-state index contributed by atoms with van der Waals surface area (Å²) in [5, 5.41) is 12.8. The van der Waals surface area contributed by atoms with Gasteiger partial charge in [0.25, 0.3) is 5.91 Å². The van der Waals surface area contributed by atoms with E-state index in [4.69, 9.17) is 23.2 Å². The van der Waals surface area contributed by atoms with Crippen molar-refractivity contribution in [2.75, 3.05) is 5.32 Å². The van der Waals surface area contributed by atoms with Crippen molar-refractivity contribution in [3.8, 4) is 5.75 Å². The first kappa shape index (κ1) is 14.8. The zero-order valence-corrected chi connectivity index (χ0v) is 12.4. The highest BCUT2D eigenvalue weighted by molar-refractivity contribution is 6.34. The second-order valence-corrected chi connectivity index (χ2v) is 5.20. The van der Waals surface area contributed by atoms with Gasteiger partial charge < -0.3 is 15.0 Å². The number of aromatic nitrogens is 1. The Kier molecular flexibility index (Phi) is 4.57. The van der Waals surface area contributed by atoms with Gasteiger partial charge in [-0.3, -0.25) is 4.79 Å². The van der Waals surface area contributed by atoms with Crippen molar-refractivity contribution >= 4 is 34.8 Å². The molecule has 4 nitrogen and oxygen atoms in total. The van der Waals surface area contributed by atoms with E-state index in [1.54, 1.807) is 22.9 Å². The topological polar surface area (TPSA) is 54.3 Å². The number of phenols is 1. The maximum Gasteiger partial charge on any atom is 0.272 e. The number of aryl methyl sites for hydroxylation is 1. The fourth-order valence-electron chi connectivity index (χ4n) is 1.88. The lowest BCUT2D eigenvalue weighted by molar-refractivity contribution is 0.101. The van der Waals surface area contributed by atoms with E-state index in [1.165, 1.54) is 12.1 Å². The van der Waals surface area contributed by atoms with E-state index in [0.29, 0.717) is 22.9 Å². The van der Waals surface area contributed by atoms with Gasteiger partial charge in [0.1, 0.15) is 11.4 Å². The predicted octanol–water partition coefficient (Wildman–Crippen LogP) is 4.16. The number of benzene rings is 1. The van der Waals surface area contributed by atoms with Crippen LogP contribution >= 0.6 is 23.2 Å². The molecule has 106 valence electrons. The molecule has 1 aromatic carbocycles. The van der Waals surface area contributed by atoms with E-state index in [-0.39, 0.29) is 16.7 Å². The van der Waals surface area contributed by atoms with E-state index in [0.717, 1.165) is 6.42 Å². The zero-order valence-electron chi connectivity index (χ0n) is 10.9. The van der Waals surface area contributed by atoms with Gasteiger partial charge in [0.15, 0.2) is 0 Å². The molecule has 0 radical (unpaired) electrons. The number of aromatic hydroxyl groups is 1. The standard InChI is InChI=1S/C14H14Cl2N2O2/c1-2-5-18-8-9(15)6-13(18)14(20)17-12-4-3-10(19)7-11(12)16/h3-4,6-8,19H,2,5H2,1H3,(H,17,20). The quantitative estimate of drug-likeness (QED) is 0.833. The monoisotopic (exact) mass is 312 g/mol. The fourth-order valence-corrected chi connectivity index (χ4v) is 2.33. The predicted molar refractivity (Wildman–Crippen MR) is 80.8 cm³/mol. The molecule has 1 heterocycles. The van der Waals surface area contributed by atoms with Gasteiger partial charge in [0.05, 0.1) is 15.7 Å². The number of phenolic OH excluding ortho intramolecular Hbond substituents is 1. The Balaban J connectivity index is 2.23. The Morgan fingerprint density at radius 3 is 2.75 bits per heavy atom. The molecule has 0 atom stereocenters. The summed E-state index contributed by atoms with van der Waals surface area (Å²) < 4.78 is 1.80. The summed E-state index contributed by atoms with van der Waals surface area (Å²) >= 11 is 11.9.